The zero-order chi connectivity index (χ0) is 16.1. The molecule has 0 aliphatic rings. The highest BCUT2D eigenvalue weighted by Gasteiger charge is 2.10. The Bertz CT molecular complexity index is 843. The normalized spacial score (nSPS) is 11.8. The number of benzene rings is 1. The molecule has 1 aromatic carbocycles. The van der Waals surface area contributed by atoms with Crippen LogP contribution in [-0.4, -0.2) is 11.0 Å². The Morgan fingerprint density at radius 3 is 2.77 bits per heavy atom. The quantitative estimate of drug-likeness (QED) is 0.492. The van der Waals surface area contributed by atoms with Crippen LogP contribution in [0, 0.1) is 0 Å². The fourth-order valence-corrected chi connectivity index (χ4v) is 1.88. The number of hydrogen-bond acceptors (Lipinski definition) is 5. The lowest BCUT2D eigenvalue weighted by molar-refractivity contribution is -0.136. The highest BCUT2D eigenvalue weighted by molar-refractivity contribution is 5.78. The van der Waals surface area contributed by atoms with Crippen molar-refractivity contribution in [2.45, 2.75) is 13.8 Å². The number of carbonyl (C=O) groups is 1. The molecule has 0 saturated carbocycles. The maximum atomic E-state index is 12.0. The van der Waals surface area contributed by atoms with Gasteiger partial charge in [0.15, 0.2) is 0 Å². The Balaban J connectivity index is 2.54. The summed E-state index contributed by atoms with van der Waals surface area (Å²) in [6.45, 7) is 6.71. The monoisotopic (exact) mass is 297 g/mol. The van der Waals surface area contributed by atoms with E-state index < -0.39 is 5.97 Å². The van der Waals surface area contributed by atoms with Crippen LogP contribution in [0.2, 0.25) is 0 Å². The van der Waals surface area contributed by atoms with E-state index in [1.54, 1.807) is 36.4 Å². The average Bonchev–Trinajstić information content (AvgIpc) is 2.46. The molecule has 112 valence electrons. The van der Waals surface area contributed by atoms with Crippen molar-refractivity contribution < 1.29 is 13.9 Å². The molecule has 0 unspecified atom stereocenters. The number of rotatable bonds is 4. The van der Waals surface area contributed by atoms with Gasteiger partial charge >= 0.3 is 5.97 Å². The molecule has 0 bridgehead atoms. The van der Waals surface area contributed by atoms with Gasteiger partial charge in [0, 0.05) is 12.5 Å². The summed E-state index contributed by atoms with van der Waals surface area (Å²) in [7, 11) is 0. The number of nitrogens with zero attached hydrogens (tertiary/aromatic N) is 1. The van der Waals surface area contributed by atoms with Gasteiger partial charge in [-0.1, -0.05) is 30.9 Å². The van der Waals surface area contributed by atoms with Gasteiger partial charge in [0.05, 0.1) is 5.39 Å². The van der Waals surface area contributed by atoms with E-state index >= 15 is 0 Å². The molecule has 0 aliphatic heterocycles. The maximum Gasteiger partial charge on any atom is 0.308 e. The molecule has 0 N–H and O–H groups in total. The van der Waals surface area contributed by atoms with Crippen LogP contribution in [-0.2, 0) is 9.53 Å². The zero-order valence-corrected chi connectivity index (χ0v) is 12.3. The molecular weight excluding hydrogens is 282 g/mol. The van der Waals surface area contributed by atoms with Crippen LogP contribution in [0.1, 0.15) is 19.7 Å². The second kappa shape index (κ2) is 6.67. The Kier molecular flexibility index (Phi) is 4.68. The molecule has 0 spiro atoms. The van der Waals surface area contributed by atoms with E-state index in [4.69, 9.17) is 9.15 Å². The lowest BCUT2D eigenvalue weighted by Gasteiger charge is -2.04. The van der Waals surface area contributed by atoms with Crippen molar-refractivity contribution in [3.8, 4) is 0 Å². The van der Waals surface area contributed by atoms with Crippen molar-refractivity contribution >= 4 is 22.5 Å². The summed E-state index contributed by atoms with van der Waals surface area (Å²) in [4.78, 5) is 26.9. The minimum Gasteiger partial charge on any atom is -0.437 e. The van der Waals surface area contributed by atoms with Gasteiger partial charge in [-0.2, -0.15) is 4.98 Å². The van der Waals surface area contributed by atoms with Crippen LogP contribution < -0.4 is 5.56 Å². The number of fused-ring (bicyclic) bond motifs is 1. The van der Waals surface area contributed by atoms with Gasteiger partial charge in [0.1, 0.15) is 11.3 Å². The molecule has 5 nitrogen and oxygen atoms in total. The van der Waals surface area contributed by atoms with Crippen molar-refractivity contribution in [2.24, 2.45) is 0 Å². The predicted octanol–water partition coefficient (Wildman–Crippen LogP) is 3.22. The van der Waals surface area contributed by atoms with Gasteiger partial charge in [0.2, 0.25) is 5.89 Å². The molecule has 1 heterocycles. The Morgan fingerprint density at radius 1 is 1.36 bits per heavy atom. The van der Waals surface area contributed by atoms with Crippen LogP contribution in [0.5, 0.6) is 0 Å². The molecule has 0 amide bonds. The third-order valence-electron chi connectivity index (χ3n) is 2.71. The number of para-hydroxylation sites is 1. The number of hydrogen-bond donors (Lipinski definition) is 0. The SMILES string of the molecule is C=C(/C=C(\C=C/C)c1nc(=O)c2ccccc2o1)OC(C)=O. The summed E-state index contributed by atoms with van der Waals surface area (Å²) in [5, 5.41) is 0.407. The zero-order valence-electron chi connectivity index (χ0n) is 12.3. The molecule has 2 rings (SSSR count). The van der Waals surface area contributed by atoms with E-state index in [1.165, 1.54) is 13.0 Å². The van der Waals surface area contributed by atoms with E-state index in [-0.39, 0.29) is 17.2 Å². The maximum absolute atomic E-state index is 12.0. The van der Waals surface area contributed by atoms with E-state index in [9.17, 15) is 9.59 Å². The number of allylic oxidation sites excluding steroid dienone is 4. The van der Waals surface area contributed by atoms with Gasteiger partial charge < -0.3 is 9.15 Å². The number of aromatic nitrogens is 1. The molecule has 2 aromatic rings. The molecule has 1 aromatic heterocycles. The first-order valence-corrected chi connectivity index (χ1v) is 6.63. The Labute approximate surface area is 127 Å². The second-order valence-corrected chi connectivity index (χ2v) is 4.48. The Morgan fingerprint density at radius 2 is 2.09 bits per heavy atom. The first-order valence-electron chi connectivity index (χ1n) is 6.63. The largest absolute Gasteiger partial charge is 0.437 e. The number of ether oxygens (including phenoxy) is 1. The molecule has 0 saturated heterocycles. The van der Waals surface area contributed by atoms with Crippen molar-refractivity contribution in [3.63, 3.8) is 0 Å². The van der Waals surface area contributed by atoms with Crippen molar-refractivity contribution in [2.75, 3.05) is 0 Å². The molecule has 22 heavy (non-hydrogen) atoms. The van der Waals surface area contributed by atoms with Gasteiger partial charge in [-0.3, -0.25) is 9.59 Å². The molecule has 0 radical (unpaired) electrons. The smallest absolute Gasteiger partial charge is 0.308 e. The van der Waals surface area contributed by atoms with Crippen molar-refractivity contribution in [1.29, 1.82) is 0 Å². The third kappa shape index (κ3) is 3.58. The van der Waals surface area contributed by atoms with Crippen molar-refractivity contribution in [1.82, 2.24) is 4.98 Å². The summed E-state index contributed by atoms with van der Waals surface area (Å²) in [6, 6.07) is 6.85. The van der Waals surface area contributed by atoms with Crippen LogP contribution in [0.15, 0.2) is 64.0 Å². The summed E-state index contributed by atoms with van der Waals surface area (Å²) in [6.07, 6.45) is 4.93. The van der Waals surface area contributed by atoms with Crippen LogP contribution in [0.3, 0.4) is 0 Å². The lowest BCUT2D eigenvalue weighted by atomic mass is 10.2. The van der Waals surface area contributed by atoms with E-state index in [1.807, 2.05) is 6.92 Å². The third-order valence-corrected chi connectivity index (χ3v) is 2.71. The van der Waals surface area contributed by atoms with Crippen molar-refractivity contribution in [3.05, 3.63) is 71.1 Å². The molecule has 0 aliphatic carbocycles. The summed E-state index contributed by atoms with van der Waals surface area (Å²) in [5.74, 6) is -0.206. The number of esters is 1. The molecular formula is C17H15NO4. The van der Waals surface area contributed by atoms with E-state index in [2.05, 4.69) is 11.6 Å². The van der Waals surface area contributed by atoms with Crippen LogP contribution >= 0.6 is 0 Å². The first-order chi connectivity index (χ1) is 10.5. The van der Waals surface area contributed by atoms with E-state index in [0.717, 1.165) is 0 Å². The summed E-state index contributed by atoms with van der Waals surface area (Å²) in [5.41, 5.74) is 0.535. The lowest BCUT2D eigenvalue weighted by Crippen LogP contribution is -2.08. The second-order valence-electron chi connectivity index (χ2n) is 4.48. The van der Waals surface area contributed by atoms with Gasteiger partial charge in [-0.25, -0.2) is 0 Å². The summed E-state index contributed by atoms with van der Waals surface area (Å²) >= 11 is 0. The van der Waals surface area contributed by atoms with Crippen LogP contribution in [0.4, 0.5) is 0 Å². The predicted molar refractivity (Wildman–Crippen MR) is 84.0 cm³/mol. The fraction of sp³-hybridized carbons (Fsp3) is 0.118. The minimum absolute atomic E-state index is 0.134. The highest BCUT2D eigenvalue weighted by atomic mass is 16.5. The average molecular weight is 297 g/mol. The van der Waals surface area contributed by atoms with Gasteiger partial charge in [-0.05, 0) is 25.1 Å². The molecule has 0 fully saturated rings. The standard InChI is InChI=1S/C17H15NO4/c1-4-7-13(10-11(2)21-12(3)19)17-18-16(20)14-8-5-6-9-15(14)22-17/h4-10H,2H2,1,3H3/b7-4-,13-10+. The number of carbonyl (C=O) groups excluding carboxylic acids is 1. The summed E-state index contributed by atoms with van der Waals surface area (Å²) < 4.78 is 10.5. The molecule has 0 atom stereocenters. The van der Waals surface area contributed by atoms with Gasteiger partial charge in [0.25, 0.3) is 5.56 Å². The topological polar surface area (TPSA) is 69.4 Å². The fourth-order valence-electron chi connectivity index (χ4n) is 1.88. The molecule has 5 heteroatoms. The first kappa shape index (κ1) is 15.4. The Hall–Kier alpha value is -2.95. The van der Waals surface area contributed by atoms with Gasteiger partial charge in [-0.15, -0.1) is 0 Å². The highest BCUT2D eigenvalue weighted by Crippen LogP contribution is 2.19. The van der Waals surface area contributed by atoms with Crippen LogP contribution in [0.25, 0.3) is 16.5 Å². The minimum atomic E-state index is -0.478. The van der Waals surface area contributed by atoms with E-state index in [0.29, 0.717) is 16.5 Å².